The maximum absolute atomic E-state index is 14.8. The number of amides is 1. The number of imidazole rings is 1. The molecule has 0 N–H and O–H groups in total. The van der Waals surface area contributed by atoms with E-state index in [9.17, 15) is 9.18 Å². The number of methoxy groups -OCH3 is 1. The summed E-state index contributed by atoms with van der Waals surface area (Å²) in [4.78, 5) is 19.7. The largest absolute Gasteiger partial charge is 0.494 e. The summed E-state index contributed by atoms with van der Waals surface area (Å²) in [7, 11) is 3.17. The van der Waals surface area contributed by atoms with Crippen molar-refractivity contribution in [1.82, 2.24) is 14.5 Å². The lowest BCUT2D eigenvalue weighted by atomic mass is 10.2. The summed E-state index contributed by atoms with van der Waals surface area (Å²) in [5.41, 5.74) is 1.03. The molecule has 3 rings (SSSR count). The van der Waals surface area contributed by atoms with Crippen LogP contribution < -0.4 is 9.64 Å². The Balaban J connectivity index is 1.77. The molecule has 1 saturated heterocycles. The molecule has 1 aliphatic heterocycles. The minimum atomic E-state index is -1.18. The van der Waals surface area contributed by atoms with Crippen LogP contribution in [0.4, 0.5) is 14.9 Å². The quantitative estimate of drug-likeness (QED) is 0.677. The van der Waals surface area contributed by atoms with Crippen LogP contribution >= 0.6 is 15.9 Å². The first kappa shape index (κ1) is 21.4. The van der Waals surface area contributed by atoms with E-state index in [2.05, 4.69) is 20.9 Å². The maximum atomic E-state index is 14.8. The third-order valence-corrected chi connectivity index (χ3v) is 5.17. The standard InChI is InChI=1S/C20H26BrFN4O3/c1-20(2,3)29-19(27)24(4)16-10-25(9-14(16)22)13-6-7-15(17(8-13)28-5)26-11-18(21)23-12-26/h6-8,11-12,14,16H,9-10H2,1-5H3/t14-,16+/m1/s1. The molecule has 158 valence electrons. The highest BCUT2D eigenvalue weighted by Gasteiger charge is 2.39. The summed E-state index contributed by atoms with van der Waals surface area (Å²) >= 11 is 3.34. The number of rotatable bonds is 4. The van der Waals surface area contributed by atoms with E-state index in [1.165, 1.54) is 4.90 Å². The minimum Gasteiger partial charge on any atom is -0.494 e. The van der Waals surface area contributed by atoms with Gasteiger partial charge < -0.3 is 23.8 Å². The highest BCUT2D eigenvalue weighted by Crippen LogP contribution is 2.32. The van der Waals surface area contributed by atoms with Gasteiger partial charge in [-0.25, -0.2) is 14.2 Å². The lowest BCUT2D eigenvalue weighted by Crippen LogP contribution is -2.45. The number of anilines is 1. The second-order valence-electron chi connectivity index (χ2n) is 8.04. The molecule has 1 amide bonds. The van der Waals surface area contributed by atoms with Crippen LogP contribution in [0, 0.1) is 0 Å². The molecule has 7 nitrogen and oxygen atoms in total. The van der Waals surface area contributed by atoms with Gasteiger partial charge in [0, 0.05) is 31.5 Å². The van der Waals surface area contributed by atoms with Crippen molar-refractivity contribution in [3.8, 4) is 11.4 Å². The summed E-state index contributed by atoms with van der Waals surface area (Å²) in [6.45, 7) is 5.94. The van der Waals surface area contributed by atoms with Crippen molar-refractivity contribution < 1.29 is 18.7 Å². The Hall–Kier alpha value is -2.29. The molecular weight excluding hydrogens is 443 g/mol. The molecule has 0 radical (unpaired) electrons. The van der Waals surface area contributed by atoms with Crippen LogP contribution in [-0.4, -0.2) is 65.6 Å². The molecule has 2 atom stereocenters. The van der Waals surface area contributed by atoms with Crippen LogP contribution in [0.3, 0.4) is 0 Å². The molecule has 0 spiro atoms. The van der Waals surface area contributed by atoms with Gasteiger partial charge in [-0.2, -0.15) is 0 Å². The van der Waals surface area contributed by atoms with Crippen molar-refractivity contribution in [1.29, 1.82) is 0 Å². The van der Waals surface area contributed by atoms with Gasteiger partial charge in [-0.05, 0) is 48.8 Å². The van der Waals surface area contributed by atoms with Gasteiger partial charge in [-0.1, -0.05) is 0 Å². The van der Waals surface area contributed by atoms with E-state index in [0.29, 0.717) is 12.3 Å². The number of ether oxygens (including phenoxy) is 2. The van der Waals surface area contributed by atoms with Crippen molar-refractivity contribution in [3.05, 3.63) is 35.3 Å². The number of benzene rings is 1. The second kappa shape index (κ2) is 8.22. The van der Waals surface area contributed by atoms with Crippen LogP contribution in [0.1, 0.15) is 20.8 Å². The predicted octanol–water partition coefficient (Wildman–Crippen LogP) is 4.04. The molecule has 1 aromatic carbocycles. The first-order valence-electron chi connectivity index (χ1n) is 9.32. The topological polar surface area (TPSA) is 59.8 Å². The average Bonchev–Trinajstić information content (AvgIpc) is 3.25. The van der Waals surface area contributed by atoms with Gasteiger partial charge in [0.15, 0.2) is 0 Å². The van der Waals surface area contributed by atoms with Crippen LogP contribution in [-0.2, 0) is 4.74 Å². The number of hydrogen-bond acceptors (Lipinski definition) is 5. The van der Waals surface area contributed by atoms with Crippen LogP contribution in [0.2, 0.25) is 0 Å². The Bertz CT molecular complexity index is 883. The van der Waals surface area contributed by atoms with Crippen LogP contribution in [0.25, 0.3) is 5.69 Å². The van der Waals surface area contributed by atoms with E-state index in [-0.39, 0.29) is 6.54 Å². The molecular formula is C20H26BrFN4O3. The summed E-state index contributed by atoms with van der Waals surface area (Å²) in [5, 5.41) is 0. The molecule has 1 aromatic heterocycles. The van der Waals surface area contributed by atoms with E-state index in [0.717, 1.165) is 16.0 Å². The van der Waals surface area contributed by atoms with Crippen molar-refractivity contribution in [2.75, 3.05) is 32.1 Å². The van der Waals surface area contributed by atoms with E-state index in [4.69, 9.17) is 9.47 Å². The van der Waals surface area contributed by atoms with E-state index >= 15 is 0 Å². The molecule has 0 aliphatic carbocycles. The number of halogens is 2. The summed E-state index contributed by atoms with van der Waals surface area (Å²) in [6, 6.07) is 5.10. The van der Waals surface area contributed by atoms with Gasteiger partial charge in [0.1, 0.15) is 28.5 Å². The zero-order valence-corrected chi connectivity index (χ0v) is 18.8. The number of hydrogen-bond donors (Lipinski definition) is 0. The van der Waals surface area contributed by atoms with Gasteiger partial charge >= 0.3 is 6.09 Å². The van der Waals surface area contributed by atoms with Crippen molar-refractivity contribution in [2.45, 2.75) is 38.6 Å². The zero-order valence-electron chi connectivity index (χ0n) is 17.2. The fourth-order valence-electron chi connectivity index (χ4n) is 3.30. The highest BCUT2D eigenvalue weighted by atomic mass is 79.9. The lowest BCUT2D eigenvalue weighted by Gasteiger charge is -2.29. The summed E-state index contributed by atoms with van der Waals surface area (Å²) in [6.07, 6.45) is 1.81. The van der Waals surface area contributed by atoms with E-state index in [1.54, 1.807) is 41.3 Å². The van der Waals surface area contributed by atoms with Crippen molar-refractivity contribution in [3.63, 3.8) is 0 Å². The van der Waals surface area contributed by atoms with Crippen LogP contribution in [0.15, 0.2) is 35.3 Å². The molecule has 0 saturated carbocycles. The SMILES string of the molecule is COc1cc(N2C[C@@H](F)[C@@H](N(C)C(=O)OC(C)(C)C)C2)ccc1-n1cnc(Br)c1. The zero-order chi connectivity index (χ0) is 21.3. The van der Waals surface area contributed by atoms with Gasteiger partial charge in [-0.15, -0.1) is 0 Å². The molecule has 2 heterocycles. The monoisotopic (exact) mass is 468 g/mol. The maximum Gasteiger partial charge on any atom is 0.410 e. The fraction of sp³-hybridized carbons (Fsp3) is 0.500. The molecule has 1 fully saturated rings. The number of alkyl halides is 1. The van der Waals surface area contributed by atoms with Gasteiger partial charge in [0.05, 0.1) is 25.4 Å². The van der Waals surface area contributed by atoms with E-state index in [1.807, 2.05) is 33.9 Å². The number of likely N-dealkylation sites (N-methyl/N-ethyl adjacent to an activating group) is 1. The lowest BCUT2D eigenvalue weighted by molar-refractivity contribution is 0.0183. The average molecular weight is 469 g/mol. The third-order valence-electron chi connectivity index (χ3n) is 4.76. The number of carbonyl (C=O) groups is 1. The highest BCUT2D eigenvalue weighted by molar-refractivity contribution is 9.10. The third kappa shape index (κ3) is 4.83. The molecule has 2 aromatic rings. The normalized spacial score (nSPS) is 19.3. The van der Waals surface area contributed by atoms with E-state index < -0.39 is 23.9 Å². The first-order chi connectivity index (χ1) is 13.6. The smallest absolute Gasteiger partial charge is 0.410 e. The van der Waals surface area contributed by atoms with Gasteiger partial charge in [0.2, 0.25) is 0 Å². The molecule has 9 heteroatoms. The van der Waals surface area contributed by atoms with Crippen molar-refractivity contribution in [2.24, 2.45) is 0 Å². The number of nitrogens with zero attached hydrogens (tertiary/aromatic N) is 4. The van der Waals surface area contributed by atoms with Gasteiger partial charge in [-0.3, -0.25) is 0 Å². The Labute approximate surface area is 178 Å². The Morgan fingerprint density at radius 1 is 1.34 bits per heavy atom. The second-order valence-corrected chi connectivity index (χ2v) is 8.85. The Kier molecular flexibility index (Phi) is 6.07. The minimum absolute atomic E-state index is 0.191. The first-order valence-corrected chi connectivity index (χ1v) is 10.1. The molecule has 0 bridgehead atoms. The van der Waals surface area contributed by atoms with Crippen LogP contribution in [0.5, 0.6) is 5.75 Å². The molecule has 0 unspecified atom stereocenters. The van der Waals surface area contributed by atoms with Gasteiger partial charge in [0.25, 0.3) is 0 Å². The fourth-order valence-corrected chi connectivity index (χ4v) is 3.61. The van der Waals surface area contributed by atoms with Crippen molar-refractivity contribution >= 4 is 27.7 Å². The predicted molar refractivity (Wildman–Crippen MR) is 113 cm³/mol. The molecule has 1 aliphatic rings. The Morgan fingerprint density at radius 3 is 2.66 bits per heavy atom. The molecule has 29 heavy (non-hydrogen) atoms. The number of aromatic nitrogens is 2. The summed E-state index contributed by atoms with van der Waals surface area (Å²) in [5.74, 6) is 0.645. The summed E-state index contributed by atoms with van der Waals surface area (Å²) < 4.78 is 28.2. The Morgan fingerprint density at radius 2 is 2.07 bits per heavy atom. The number of carbonyl (C=O) groups excluding carboxylic acids is 1.